The van der Waals surface area contributed by atoms with E-state index in [0.717, 1.165) is 19.3 Å². The van der Waals surface area contributed by atoms with Gasteiger partial charge in [0.05, 0.1) is 9.88 Å². The second-order valence-electron chi connectivity index (χ2n) is 3.44. The van der Waals surface area contributed by atoms with Crippen molar-refractivity contribution in [3.63, 3.8) is 0 Å². The molecule has 0 saturated heterocycles. The van der Waals surface area contributed by atoms with Crippen molar-refractivity contribution in [1.82, 2.24) is 4.98 Å². The van der Waals surface area contributed by atoms with Crippen LogP contribution in [0, 0.1) is 6.92 Å². The van der Waals surface area contributed by atoms with Gasteiger partial charge in [-0.3, -0.25) is 0 Å². The Morgan fingerprint density at radius 1 is 1.20 bits per heavy atom. The molecule has 77 valence electrons. The molecule has 1 radical (unpaired) electrons. The van der Waals surface area contributed by atoms with E-state index in [2.05, 4.69) is 36.2 Å². The normalized spacial score (nSPS) is 10.5. The molecular formula is C13H14NS. The van der Waals surface area contributed by atoms with Gasteiger partial charge in [-0.1, -0.05) is 43.7 Å². The summed E-state index contributed by atoms with van der Waals surface area (Å²) in [5.41, 5.74) is 1.26. The van der Waals surface area contributed by atoms with Crippen LogP contribution in [0.5, 0.6) is 0 Å². The Labute approximate surface area is 94.8 Å². The summed E-state index contributed by atoms with van der Waals surface area (Å²) in [5, 5.41) is 1.22. The molecule has 1 aromatic carbocycles. The molecule has 0 spiro atoms. The molecule has 0 amide bonds. The zero-order chi connectivity index (χ0) is 10.5. The molecule has 0 aliphatic carbocycles. The first kappa shape index (κ1) is 10.4. The van der Waals surface area contributed by atoms with Crippen molar-refractivity contribution in [3.8, 4) is 10.4 Å². The van der Waals surface area contributed by atoms with E-state index in [1.54, 1.807) is 11.3 Å². The van der Waals surface area contributed by atoms with Gasteiger partial charge >= 0.3 is 0 Å². The molecule has 0 aliphatic rings. The lowest BCUT2D eigenvalue weighted by molar-refractivity contribution is 0.833. The minimum absolute atomic E-state index is 0.986. The Morgan fingerprint density at radius 3 is 2.73 bits per heavy atom. The molecule has 0 bridgehead atoms. The second-order valence-corrected chi connectivity index (χ2v) is 4.56. The molecule has 2 rings (SSSR count). The highest BCUT2D eigenvalue weighted by atomic mass is 32.1. The Hall–Kier alpha value is -1.15. The van der Waals surface area contributed by atoms with Gasteiger partial charge in [-0.2, -0.15) is 0 Å². The van der Waals surface area contributed by atoms with Crippen LogP contribution in [-0.2, 0) is 6.42 Å². The van der Waals surface area contributed by atoms with E-state index in [4.69, 9.17) is 0 Å². The summed E-state index contributed by atoms with van der Waals surface area (Å²) in [6.45, 7) is 3.84. The van der Waals surface area contributed by atoms with Gasteiger partial charge in [0.25, 0.3) is 0 Å². The van der Waals surface area contributed by atoms with E-state index in [1.807, 2.05) is 12.3 Å². The van der Waals surface area contributed by atoms with Gasteiger partial charge in [-0.05, 0) is 18.4 Å². The molecule has 15 heavy (non-hydrogen) atoms. The molecule has 2 heteroatoms. The molecule has 0 N–H and O–H groups in total. The maximum absolute atomic E-state index is 4.42. The standard InChI is InChI=1S/C13H14NS/c1-2-3-9-13-14-10-12(15-13)11-7-5-4-6-8-11/h4-8,10H,1-3,9H2. The first-order valence-corrected chi connectivity index (χ1v) is 6.01. The third-order valence-corrected chi connectivity index (χ3v) is 3.36. The van der Waals surface area contributed by atoms with Crippen molar-refractivity contribution in [2.75, 3.05) is 0 Å². The summed E-state index contributed by atoms with van der Waals surface area (Å²) in [6, 6.07) is 10.4. The van der Waals surface area contributed by atoms with Crippen molar-refractivity contribution >= 4 is 11.3 Å². The van der Waals surface area contributed by atoms with Crippen LogP contribution in [0.25, 0.3) is 10.4 Å². The Balaban J connectivity index is 2.14. The zero-order valence-electron chi connectivity index (χ0n) is 8.65. The van der Waals surface area contributed by atoms with Crippen LogP contribution in [0.4, 0.5) is 0 Å². The number of unbranched alkanes of at least 4 members (excludes halogenated alkanes) is 1. The number of aromatic nitrogens is 1. The fourth-order valence-electron chi connectivity index (χ4n) is 1.44. The van der Waals surface area contributed by atoms with Gasteiger partial charge in [0.1, 0.15) is 0 Å². The third kappa shape index (κ3) is 2.66. The van der Waals surface area contributed by atoms with Crippen LogP contribution >= 0.6 is 11.3 Å². The summed E-state index contributed by atoms with van der Waals surface area (Å²) in [5.74, 6) is 0. The molecule has 0 unspecified atom stereocenters. The van der Waals surface area contributed by atoms with Gasteiger partial charge in [0, 0.05) is 6.20 Å². The SMILES string of the molecule is [CH2]CCCc1ncc(-c2ccccc2)s1. The summed E-state index contributed by atoms with van der Waals surface area (Å²) in [7, 11) is 0. The third-order valence-electron chi connectivity index (χ3n) is 2.25. The second kappa shape index (κ2) is 5.08. The fourth-order valence-corrected chi connectivity index (χ4v) is 2.40. The minimum Gasteiger partial charge on any atom is -0.249 e. The molecule has 0 fully saturated rings. The predicted molar refractivity (Wildman–Crippen MR) is 65.8 cm³/mol. The van der Waals surface area contributed by atoms with Crippen LogP contribution in [0.1, 0.15) is 17.8 Å². The van der Waals surface area contributed by atoms with Crippen molar-refractivity contribution in [1.29, 1.82) is 0 Å². The Morgan fingerprint density at radius 2 is 2.00 bits per heavy atom. The number of hydrogen-bond acceptors (Lipinski definition) is 2. The first-order chi connectivity index (χ1) is 7.40. The van der Waals surface area contributed by atoms with E-state index in [1.165, 1.54) is 15.4 Å². The number of rotatable bonds is 4. The quantitative estimate of drug-likeness (QED) is 0.753. The average molecular weight is 216 g/mol. The molecule has 2 aromatic rings. The van der Waals surface area contributed by atoms with Crippen molar-refractivity contribution in [2.24, 2.45) is 0 Å². The van der Waals surface area contributed by atoms with E-state index in [9.17, 15) is 0 Å². The summed E-state index contributed by atoms with van der Waals surface area (Å²) in [4.78, 5) is 5.68. The van der Waals surface area contributed by atoms with Crippen LogP contribution in [0.2, 0.25) is 0 Å². The lowest BCUT2D eigenvalue weighted by Gasteiger charge is -1.94. The van der Waals surface area contributed by atoms with E-state index in [0.29, 0.717) is 0 Å². The average Bonchev–Trinajstić information content (AvgIpc) is 2.76. The predicted octanol–water partition coefficient (Wildman–Crippen LogP) is 3.97. The molecule has 1 aromatic heterocycles. The summed E-state index contributed by atoms with van der Waals surface area (Å²) >= 11 is 1.79. The number of aryl methyl sites for hydroxylation is 1. The topological polar surface area (TPSA) is 12.9 Å². The van der Waals surface area contributed by atoms with Gasteiger partial charge in [-0.15, -0.1) is 11.3 Å². The van der Waals surface area contributed by atoms with E-state index < -0.39 is 0 Å². The molecule has 0 aliphatic heterocycles. The lowest BCUT2D eigenvalue weighted by Crippen LogP contribution is -1.80. The fraction of sp³-hybridized carbons (Fsp3) is 0.231. The van der Waals surface area contributed by atoms with Crippen LogP contribution in [0.3, 0.4) is 0 Å². The highest BCUT2D eigenvalue weighted by molar-refractivity contribution is 7.15. The smallest absolute Gasteiger partial charge is 0.0931 e. The molecular weight excluding hydrogens is 202 g/mol. The number of hydrogen-bond donors (Lipinski definition) is 0. The van der Waals surface area contributed by atoms with Crippen molar-refractivity contribution in [2.45, 2.75) is 19.3 Å². The molecule has 1 heterocycles. The number of benzene rings is 1. The number of thiazole rings is 1. The van der Waals surface area contributed by atoms with Crippen LogP contribution < -0.4 is 0 Å². The summed E-state index contributed by atoms with van der Waals surface area (Å²) in [6.07, 6.45) is 5.14. The Bertz CT molecular complexity index is 405. The first-order valence-electron chi connectivity index (χ1n) is 5.19. The lowest BCUT2D eigenvalue weighted by atomic mass is 10.2. The maximum atomic E-state index is 4.42. The number of nitrogens with zero attached hydrogens (tertiary/aromatic N) is 1. The monoisotopic (exact) mass is 216 g/mol. The van der Waals surface area contributed by atoms with Gasteiger partial charge in [-0.25, -0.2) is 4.98 Å². The van der Waals surface area contributed by atoms with Gasteiger partial charge in [0.15, 0.2) is 0 Å². The molecule has 0 saturated carbocycles. The largest absolute Gasteiger partial charge is 0.249 e. The van der Waals surface area contributed by atoms with E-state index in [-0.39, 0.29) is 0 Å². The minimum atomic E-state index is 0.986. The van der Waals surface area contributed by atoms with Crippen molar-refractivity contribution < 1.29 is 0 Å². The Kier molecular flexibility index (Phi) is 3.51. The van der Waals surface area contributed by atoms with Crippen LogP contribution in [-0.4, -0.2) is 4.98 Å². The van der Waals surface area contributed by atoms with Crippen molar-refractivity contribution in [3.05, 3.63) is 48.5 Å². The molecule has 0 atom stereocenters. The van der Waals surface area contributed by atoms with Crippen LogP contribution in [0.15, 0.2) is 36.5 Å². The van der Waals surface area contributed by atoms with Gasteiger partial charge in [0.2, 0.25) is 0 Å². The highest BCUT2D eigenvalue weighted by Gasteiger charge is 2.02. The molecule has 1 nitrogen and oxygen atoms in total. The maximum Gasteiger partial charge on any atom is 0.0931 e. The summed E-state index contributed by atoms with van der Waals surface area (Å²) < 4.78 is 0. The van der Waals surface area contributed by atoms with Gasteiger partial charge < -0.3 is 0 Å². The van der Waals surface area contributed by atoms with E-state index >= 15 is 0 Å². The zero-order valence-corrected chi connectivity index (χ0v) is 9.46. The highest BCUT2D eigenvalue weighted by Crippen LogP contribution is 2.26.